The van der Waals surface area contributed by atoms with Gasteiger partial charge in [-0.05, 0) is 60.6 Å². The fourth-order valence-electron chi connectivity index (χ4n) is 5.36. The molecule has 6 rings (SSSR count). The van der Waals surface area contributed by atoms with Gasteiger partial charge >= 0.3 is 5.97 Å². The first-order chi connectivity index (χ1) is 20.0. The molecular weight excluding hydrogens is 512 g/mol. The molecule has 0 N–H and O–H groups in total. The lowest BCUT2D eigenvalue weighted by Gasteiger charge is -2.14. The summed E-state index contributed by atoms with van der Waals surface area (Å²) in [5.74, 6) is 1.27. The Morgan fingerprint density at radius 3 is 2.20 bits per heavy atom. The number of methoxy groups -OCH3 is 1. The molecule has 41 heavy (non-hydrogen) atoms. The molecule has 0 amide bonds. The van der Waals surface area contributed by atoms with Crippen LogP contribution in [0.5, 0.6) is 5.88 Å². The Bertz CT molecular complexity index is 1670. The van der Waals surface area contributed by atoms with Gasteiger partial charge in [0.15, 0.2) is 5.76 Å². The standard InChI is InChI=1S/C35H32N2O4/c1-4-40-34(38)35(18-19-35)30-15-12-26(13-16-30)25-8-10-27(11-9-25)33-31(23(2)37-41-33)21-24-6-5-7-28(20-24)29-14-17-32(39-3)36-22-29/h5-17,20,22H,4,18-19,21H2,1-3H3. The average molecular weight is 545 g/mol. The monoisotopic (exact) mass is 544 g/mol. The summed E-state index contributed by atoms with van der Waals surface area (Å²) >= 11 is 0. The number of nitrogens with zero attached hydrogens (tertiary/aromatic N) is 2. The second-order valence-electron chi connectivity index (χ2n) is 10.5. The Morgan fingerprint density at radius 1 is 0.878 bits per heavy atom. The third kappa shape index (κ3) is 5.25. The van der Waals surface area contributed by atoms with E-state index in [1.807, 2.05) is 32.2 Å². The maximum absolute atomic E-state index is 12.5. The fraction of sp³-hybridized carbons (Fsp3) is 0.229. The molecule has 6 heteroatoms. The van der Waals surface area contributed by atoms with Gasteiger partial charge in [0.05, 0.1) is 24.8 Å². The number of hydrogen-bond acceptors (Lipinski definition) is 6. The summed E-state index contributed by atoms with van der Waals surface area (Å²) in [4.78, 5) is 16.8. The van der Waals surface area contributed by atoms with Crippen molar-refractivity contribution in [2.45, 2.75) is 38.5 Å². The third-order valence-electron chi connectivity index (χ3n) is 7.91. The maximum Gasteiger partial charge on any atom is 0.316 e. The minimum atomic E-state index is -0.454. The molecule has 3 aromatic carbocycles. The minimum absolute atomic E-state index is 0.111. The maximum atomic E-state index is 12.5. The number of carbonyl (C=O) groups is 1. The predicted octanol–water partition coefficient (Wildman–Crippen LogP) is 7.57. The molecule has 5 aromatic rings. The van der Waals surface area contributed by atoms with Gasteiger partial charge in [0.25, 0.3) is 0 Å². The first kappa shape index (κ1) is 26.5. The van der Waals surface area contributed by atoms with Crippen molar-refractivity contribution in [3.05, 3.63) is 114 Å². The van der Waals surface area contributed by atoms with Gasteiger partial charge in [-0.15, -0.1) is 0 Å². The Morgan fingerprint density at radius 2 is 1.56 bits per heavy atom. The predicted molar refractivity (Wildman–Crippen MR) is 159 cm³/mol. The molecule has 0 aliphatic heterocycles. The molecule has 1 saturated carbocycles. The van der Waals surface area contributed by atoms with Crippen LogP contribution in [0.3, 0.4) is 0 Å². The van der Waals surface area contributed by atoms with Crippen molar-refractivity contribution in [3.8, 4) is 39.5 Å². The molecule has 1 aliphatic rings. The lowest BCUT2D eigenvalue weighted by Crippen LogP contribution is -2.23. The van der Waals surface area contributed by atoms with E-state index in [1.165, 1.54) is 5.56 Å². The number of ether oxygens (including phenoxy) is 2. The highest BCUT2D eigenvalue weighted by atomic mass is 16.5. The van der Waals surface area contributed by atoms with Crippen molar-refractivity contribution in [2.75, 3.05) is 13.7 Å². The van der Waals surface area contributed by atoms with Gasteiger partial charge in [-0.2, -0.15) is 0 Å². The van der Waals surface area contributed by atoms with Gasteiger partial charge in [0.1, 0.15) is 0 Å². The van der Waals surface area contributed by atoms with Gasteiger partial charge in [-0.1, -0.05) is 78.0 Å². The van der Waals surface area contributed by atoms with E-state index in [1.54, 1.807) is 7.11 Å². The van der Waals surface area contributed by atoms with Gasteiger partial charge < -0.3 is 14.0 Å². The molecule has 6 nitrogen and oxygen atoms in total. The Labute approximate surface area is 240 Å². The van der Waals surface area contributed by atoms with Crippen LogP contribution >= 0.6 is 0 Å². The van der Waals surface area contributed by atoms with E-state index in [2.05, 4.69) is 82.9 Å². The normalized spacial score (nSPS) is 13.5. The Hall–Kier alpha value is -4.71. The van der Waals surface area contributed by atoms with Crippen molar-refractivity contribution < 1.29 is 18.8 Å². The zero-order valence-electron chi connectivity index (χ0n) is 23.5. The number of esters is 1. The van der Waals surface area contributed by atoms with Crippen LogP contribution in [-0.2, 0) is 21.4 Å². The first-order valence-corrected chi connectivity index (χ1v) is 13.9. The molecule has 2 aromatic heterocycles. The van der Waals surface area contributed by atoms with Gasteiger partial charge in [-0.25, -0.2) is 4.98 Å². The van der Waals surface area contributed by atoms with Crippen LogP contribution in [0.1, 0.15) is 42.1 Å². The molecule has 1 aliphatic carbocycles. The zero-order valence-corrected chi connectivity index (χ0v) is 23.5. The summed E-state index contributed by atoms with van der Waals surface area (Å²) in [7, 11) is 1.62. The molecule has 206 valence electrons. The van der Waals surface area contributed by atoms with Crippen LogP contribution in [0.4, 0.5) is 0 Å². The van der Waals surface area contributed by atoms with E-state index in [4.69, 9.17) is 14.0 Å². The molecule has 2 heterocycles. The van der Waals surface area contributed by atoms with Gasteiger partial charge in [0, 0.05) is 35.4 Å². The Balaban J connectivity index is 1.20. The molecule has 0 radical (unpaired) electrons. The number of pyridine rings is 1. The van der Waals surface area contributed by atoms with Crippen molar-refractivity contribution in [2.24, 2.45) is 0 Å². The van der Waals surface area contributed by atoms with E-state index in [-0.39, 0.29) is 5.97 Å². The van der Waals surface area contributed by atoms with Crippen LogP contribution in [0.25, 0.3) is 33.6 Å². The van der Waals surface area contributed by atoms with E-state index < -0.39 is 5.41 Å². The summed E-state index contributed by atoms with van der Waals surface area (Å²) in [5.41, 5.74) is 9.00. The quantitative estimate of drug-likeness (QED) is 0.178. The molecule has 0 saturated heterocycles. The van der Waals surface area contributed by atoms with Crippen LogP contribution < -0.4 is 4.74 Å². The van der Waals surface area contributed by atoms with E-state index in [0.29, 0.717) is 18.9 Å². The van der Waals surface area contributed by atoms with Crippen molar-refractivity contribution in [3.63, 3.8) is 0 Å². The van der Waals surface area contributed by atoms with Crippen molar-refractivity contribution in [1.29, 1.82) is 0 Å². The van der Waals surface area contributed by atoms with Gasteiger partial charge in [-0.3, -0.25) is 4.79 Å². The fourth-order valence-corrected chi connectivity index (χ4v) is 5.36. The summed E-state index contributed by atoms with van der Waals surface area (Å²) in [5, 5.41) is 4.30. The van der Waals surface area contributed by atoms with Crippen LogP contribution in [0.15, 0.2) is 95.6 Å². The molecule has 0 atom stereocenters. The molecule has 0 bridgehead atoms. The van der Waals surface area contributed by atoms with E-state index >= 15 is 0 Å². The largest absolute Gasteiger partial charge is 0.481 e. The number of carbonyl (C=O) groups excluding carboxylic acids is 1. The SMILES string of the molecule is CCOC(=O)C1(c2ccc(-c3ccc(-c4onc(C)c4Cc4cccc(-c5ccc(OC)nc5)c4)cc3)cc2)CC1. The first-order valence-electron chi connectivity index (χ1n) is 13.9. The van der Waals surface area contributed by atoms with Crippen LogP contribution in [0.2, 0.25) is 0 Å². The average Bonchev–Trinajstić information content (AvgIpc) is 3.76. The summed E-state index contributed by atoms with van der Waals surface area (Å²) in [6.07, 6.45) is 4.23. The number of aryl methyl sites for hydroxylation is 1. The van der Waals surface area contributed by atoms with Crippen molar-refractivity contribution in [1.82, 2.24) is 10.1 Å². The Kier molecular flexibility index (Phi) is 7.14. The second kappa shape index (κ2) is 11.0. The van der Waals surface area contributed by atoms with E-state index in [9.17, 15) is 4.79 Å². The molecule has 0 spiro atoms. The van der Waals surface area contributed by atoms with E-state index in [0.717, 1.165) is 63.2 Å². The van der Waals surface area contributed by atoms with Gasteiger partial charge in [0.2, 0.25) is 5.88 Å². The highest BCUT2D eigenvalue weighted by Gasteiger charge is 2.52. The number of benzene rings is 3. The number of rotatable bonds is 9. The summed E-state index contributed by atoms with van der Waals surface area (Å²) in [6, 6.07) is 29.0. The van der Waals surface area contributed by atoms with Crippen molar-refractivity contribution >= 4 is 5.97 Å². The molecule has 1 fully saturated rings. The highest BCUT2D eigenvalue weighted by Crippen LogP contribution is 2.49. The summed E-state index contributed by atoms with van der Waals surface area (Å²) in [6.45, 7) is 4.24. The lowest BCUT2D eigenvalue weighted by molar-refractivity contribution is -0.146. The highest BCUT2D eigenvalue weighted by molar-refractivity contribution is 5.87. The topological polar surface area (TPSA) is 74.5 Å². The number of hydrogen-bond donors (Lipinski definition) is 0. The van der Waals surface area contributed by atoms with Crippen LogP contribution in [-0.4, -0.2) is 29.8 Å². The zero-order chi connectivity index (χ0) is 28.4. The molecule has 0 unspecified atom stereocenters. The second-order valence-corrected chi connectivity index (χ2v) is 10.5. The van der Waals surface area contributed by atoms with Crippen LogP contribution in [0, 0.1) is 6.92 Å². The molecular formula is C35H32N2O4. The minimum Gasteiger partial charge on any atom is -0.481 e. The number of aromatic nitrogens is 2. The third-order valence-corrected chi connectivity index (χ3v) is 7.91. The lowest BCUT2D eigenvalue weighted by atomic mass is 9.93. The smallest absolute Gasteiger partial charge is 0.316 e. The summed E-state index contributed by atoms with van der Waals surface area (Å²) < 4.78 is 16.3.